The van der Waals surface area contributed by atoms with Gasteiger partial charge in [0.2, 0.25) is 0 Å². The molecule has 21 heavy (non-hydrogen) atoms. The Morgan fingerprint density at radius 2 is 2.10 bits per heavy atom. The Bertz CT molecular complexity index is 529. The molecule has 2 aromatic heterocycles. The third-order valence-corrected chi connectivity index (χ3v) is 3.11. The third kappa shape index (κ3) is 5.69. The Labute approximate surface area is 126 Å². The summed E-state index contributed by atoms with van der Waals surface area (Å²) >= 11 is 0. The van der Waals surface area contributed by atoms with Gasteiger partial charge in [-0.15, -0.1) is 0 Å². The summed E-state index contributed by atoms with van der Waals surface area (Å²) in [6.07, 6.45) is 4.34. The predicted octanol–water partition coefficient (Wildman–Crippen LogP) is 3.32. The Morgan fingerprint density at radius 1 is 1.24 bits per heavy atom. The summed E-state index contributed by atoms with van der Waals surface area (Å²) in [7, 11) is 0. The van der Waals surface area contributed by atoms with Gasteiger partial charge < -0.3 is 14.5 Å². The molecule has 0 aliphatic heterocycles. The molecule has 0 unspecified atom stereocenters. The highest BCUT2D eigenvalue weighted by atomic mass is 16.5. The van der Waals surface area contributed by atoms with E-state index in [0.717, 1.165) is 30.0 Å². The zero-order valence-corrected chi connectivity index (χ0v) is 13.1. The second-order valence-corrected chi connectivity index (χ2v) is 6.10. The molecular weight excluding hydrogens is 264 g/mol. The van der Waals surface area contributed by atoms with E-state index in [2.05, 4.69) is 31.1 Å². The average Bonchev–Trinajstić information content (AvgIpc) is 2.89. The highest BCUT2D eigenvalue weighted by Crippen LogP contribution is 2.13. The fourth-order valence-corrected chi connectivity index (χ4v) is 1.90. The minimum atomic E-state index is 0.0916. The maximum atomic E-state index is 5.69. The number of hydrogen-bond acceptors (Lipinski definition) is 4. The number of hydrogen-bond donors (Lipinski definition) is 1. The monoisotopic (exact) mass is 288 g/mol. The largest absolute Gasteiger partial charge is 0.467 e. The van der Waals surface area contributed by atoms with Gasteiger partial charge in [-0.3, -0.25) is 4.98 Å². The van der Waals surface area contributed by atoms with Crippen molar-refractivity contribution in [2.45, 2.75) is 45.9 Å². The van der Waals surface area contributed by atoms with Gasteiger partial charge >= 0.3 is 0 Å². The van der Waals surface area contributed by atoms with Crippen molar-refractivity contribution < 1.29 is 9.15 Å². The summed E-state index contributed by atoms with van der Waals surface area (Å²) in [4.78, 5) is 4.27. The number of aromatic nitrogens is 1. The average molecular weight is 288 g/mol. The lowest BCUT2D eigenvalue weighted by molar-refractivity contribution is 0.107. The molecule has 0 aromatic carbocycles. The highest BCUT2D eigenvalue weighted by molar-refractivity contribution is 5.16. The molecule has 0 amide bonds. The molecular formula is C17H24N2O2. The standard InChI is InChI=1S/C17H24N2O2/c1-17(2,3)19-12-14-7-11-21-16(14)13-20-10-8-15-6-4-5-9-18-15/h4-7,9,11,19H,8,10,12-13H2,1-3H3. The summed E-state index contributed by atoms with van der Waals surface area (Å²) in [5.74, 6) is 0.896. The van der Waals surface area contributed by atoms with E-state index in [0.29, 0.717) is 13.2 Å². The van der Waals surface area contributed by atoms with Crippen LogP contribution in [0, 0.1) is 0 Å². The van der Waals surface area contributed by atoms with E-state index >= 15 is 0 Å². The van der Waals surface area contributed by atoms with Crippen LogP contribution in [0.5, 0.6) is 0 Å². The zero-order valence-electron chi connectivity index (χ0n) is 13.1. The van der Waals surface area contributed by atoms with Gasteiger partial charge in [0, 0.05) is 36.0 Å². The third-order valence-electron chi connectivity index (χ3n) is 3.11. The lowest BCUT2D eigenvalue weighted by Crippen LogP contribution is -2.35. The molecule has 0 aliphatic rings. The fourth-order valence-electron chi connectivity index (χ4n) is 1.90. The van der Waals surface area contributed by atoms with Crippen molar-refractivity contribution in [1.29, 1.82) is 0 Å². The first kappa shape index (κ1) is 15.7. The van der Waals surface area contributed by atoms with E-state index in [4.69, 9.17) is 9.15 Å². The van der Waals surface area contributed by atoms with Crippen LogP contribution in [-0.2, 0) is 24.3 Å². The molecule has 0 radical (unpaired) electrons. The van der Waals surface area contributed by atoms with Crippen LogP contribution < -0.4 is 5.32 Å². The minimum Gasteiger partial charge on any atom is -0.467 e. The smallest absolute Gasteiger partial charge is 0.133 e. The number of furan rings is 1. The molecule has 4 nitrogen and oxygen atoms in total. The molecule has 4 heteroatoms. The van der Waals surface area contributed by atoms with Gasteiger partial charge in [-0.05, 0) is 39.0 Å². The molecule has 0 aliphatic carbocycles. The molecule has 0 fully saturated rings. The quantitative estimate of drug-likeness (QED) is 0.794. The Balaban J connectivity index is 1.75. The maximum absolute atomic E-state index is 5.69. The minimum absolute atomic E-state index is 0.0916. The van der Waals surface area contributed by atoms with Gasteiger partial charge in [0.25, 0.3) is 0 Å². The summed E-state index contributed by atoms with van der Waals surface area (Å²) in [5.41, 5.74) is 2.29. The number of nitrogens with zero attached hydrogens (tertiary/aromatic N) is 1. The van der Waals surface area contributed by atoms with Crippen molar-refractivity contribution in [3.8, 4) is 0 Å². The van der Waals surface area contributed by atoms with Gasteiger partial charge in [-0.25, -0.2) is 0 Å². The molecule has 114 valence electrons. The van der Waals surface area contributed by atoms with Gasteiger partial charge in [0.05, 0.1) is 12.9 Å². The lowest BCUT2D eigenvalue weighted by Gasteiger charge is -2.20. The first-order valence-electron chi connectivity index (χ1n) is 7.32. The van der Waals surface area contributed by atoms with Crippen LogP contribution in [0.4, 0.5) is 0 Å². The summed E-state index contributed by atoms with van der Waals surface area (Å²) < 4.78 is 11.2. The molecule has 0 saturated carbocycles. The SMILES string of the molecule is CC(C)(C)NCc1ccoc1COCCc1ccccn1. The fraction of sp³-hybridized carbons (Fsp3) is 0.471. The molecule has 0 bridgehead atoms. The molecule has 1 N–H and O–H groups in total. The van der Waals surface area contributed by atoms with Crippen molar-refractivity contribution in [3.63, 3.8) is 0 Å². The molecule has 0 atom stereocenters. The van der Waals surface area contributed by atoms with E-state index < -0.39 is 0 Å². The Morgan fingerprint density at radius 3 is 2.81 bits per heavy atom. The number of rotatable bonds is 7. The molecule has 2 rings (SSSR count). The van der Waals surface area contributed by atoms with E-state index in [1.807, 2.05) is 24.3 Å². The summed E-state index contributed by atoms with van der Waals surface area (Å²) in [5, 5.41) is 3.46. The summed E-state index contributed by atoms with van der Waals surface area (Å²) in [6, 6.07) is 7.91. The maximum Gasteiger partial charge on any atom is 0.133 e. The van der Waals surface area contributed by atoms with Gasteiger partial charge in [0.1, 0.15) is 12.4 Å². The van der Waals surface area contributed by atoms with Crippen LogP contribution in [0.25, 0.3) is 0 Å². The van der Waals surface area contributed by atoms with Crippen LogP contribution in [-0.4, -0.2) is 17.1 Å². The van der Waals surface area contributed by atoms with Gasteiger partial charge in [0.15, 0.2) is 0 Å². The number of ether oxygens (including phenoxy) is 1. The van der Waals surface area contributed by atoms with E-state index in [1.54, 1.807) is 12.5 Å². The first-order valence-corrected chi connectivity index (χ1v) is 7.32. The van der Waals surface area contributed by atoms with Crippen molar-refractivity contribution in [1.82, 2.24) is 10.3 Å². The Hall–Kier alpha value is -1.65. The van der Waals surface area contributed by atoms with Crippen LogP contribution >= 0.6 is 0 Å². The van der Waals surface area contributed by atoms with Crippen molar-refractivity contribution in [2.24, 2.45) is 0 Å². The number of pyridine rings is 1. The van der Waals surface area contributed by atoms with Crippen LogP contribution in [0.2, 0.25) is 0 Å². The second-order valence-electron chi connectivity index (χ2n) is 6.10. The number of nitrogens with one attached hydrogen (secondary N) is 1. The molecule has 0 spiro atoms. The topological polar surface area (TPSA) is 47.3 Å². The predicted molar refractivity (Wildman–Crippen MR) is 82.9 cm³/mol. The molecule has 0 saturated heterocycles. The van der Waals surface area contributed by atoms with E-state index in [9.17, 15) is 0 Å². The second kappa shape index (κ2) is 7.38. The van der Waals surface area contributed by atoms with Gasteiger partial charge in [-0.1, -0.05) is 6.07 Å². The molecule has 2 heterocycles. The van der Waals surface area contributed by atoms with Gasteiger partial charge in [-0.2, -0.15) is 0 Å². The van der Waals surface area contributed by atoms with E-state index in [-0.39, 0.29) is 5.54 Å². The van der Waals surface area contributed by atoms with Crippen LogP contribution in [0.15, 0.2) is 41.1 Å². The van der Waals surface area contributed by atoms with Crippen molar-refractivity contribution >= 4 is 0 Å². The highest BCUT2D eigenvalue weighted by Gasteiger charge is 2.12. The van der Waals surface area contributed by atoms with Crippen LogP contribution in [0.1, 0.15) is 37.8 Å². The summed E-state index contributed by atoms with van der Waals surface area (Å²) in [6.45, 7) is 8.38. The van der Waals surface area contributed by atoms with Crippen molar-refractivity contribution in [3.05, 3.63) is 53.7 Å². The Kier molecular flexibility index (Phi) is 5.53. The van der Waals surface area contributed by atoms with Crippen molar-refractivity contribution in [2.75, 3.05) is 6.61 Å². The normalized spacial score (nSPS) is 11.8. The first-order chi connectivity index (χ1) is 10.0. The van der Waals surface area contributed by atoms with E-state index in [1.165, 1.54) is 0 Å². The zero-order chi connectivity index (χ0) is 15.1. The lowest BCUT2D eigenvalue weighted by atomic mass is 10.1. The molecule has 2 aromatic rings. The van der Waals surface area contributed by atoms with Crippen LogP contribution in [0.3, 0.4) is 0 Å².